The Labute approximate surface area is 174 Å². The van der Waals surface area contributed by atoms with Crippen LogP contribution in [0, 0.1) is 0 Å². The van der Waals surface area contributed by atoms with Crippen LogP contribution in [0.25, 0.3) is 0 Å². The number of benzene rings is 3. The normalized spacial score (nSPS) is 18.8. The molecule has 1 heterocycles. The molecule has 1 aliphatic rings. The summed E-state index contributed by atoms with van der Waals surface area (Å²) < 4.78 is 12.7. The van der Waals surface area contributed by atoms with Gasteiger partial charge in [-0.3, -0.25) is 0 Å². The molecule has 146 valence electrons. The molecular formula is C26H26O2Si. The van der Waals surface area contributed by atoms with E-state index in [1.54, 1.807) is 0 Å². The average molecular weight is 399 g/mol. The summed E-state index contributed by atoms with van der Waals surface area (Å²) in [5.74, 6) is 0. The highest BCUT2D eigenvalue weighted by molar-refractivity contribution is 7.01. The second-order valence-electron chi connectivity index (χ2n) is 7.24. The van der Waals surface area contributed by atoms with E-state index in [0.29, 0.717) is 19.8 Å². The fourth-order valence-electron chi connectivity index (χ4n) is 3.72. The van der Waals surface area contributed by atoms with E-state index in [2.05, 4.69) is 90.6 Å². The molecule has 0 saturated heterocycles. The van der Waals surface area contributed by atoms with Crippen molar-refractivity contribution in [1.82, 2.24) is 0 Å². The van der Waals surface area contributed by atoms with Crippen LogP contribution in [0.2, 0.25) is 0 Å². The van der Waals surface area contributed by atoms with Gasteiger partial charge in [-0.15, -0.1) is 0 Å². The predicted molar refractivity (Wildman–Crippen MR) is 122 cm³/mol. The Morgan fingerprint density at radius 1 is 0.690 bits per heavy atom. The molecule has 1 aliphatic heterocycles. The summed E-state index contributed by atoms with van der Waals surface area (Å²) in [5, 5.41) is 2.53. The number of hydrogen-bond donors (Lipinski definition) is 0. The minimum Gasteiger partial charge on any atom is -0.401 e. The van der Waals surface area contributed by atoms with Gasteiger partial charge in [-0.05, 0) is 27.9 Å². The fraction of sp³-hybridized carbons (Fsp3) is 0.154. The third-order valence-corrected chi connectivity index (χ3v) is 8.98. The van der Waals surface area contributed by atoms with Crippen LogP contribution in [0.15, 0.2) is 114 Å². The molecule has 0 unspecified atom stereocenters. The summed E-state index contributed by atoms with van der Waals surface area (Å²) in [7, 11) is -2.50. The molecule has 0 radical (unpaired) electrons. The van der Waals surface area contributed by atoms with Crippen molar-refractivity contribution in [2.45, 2.75) is 13.0 Å². The molecule has 0 N–H and O–H groups in total. The van der Waals surface area contributed by atoms with Crippen LogP contribution in [0.1, 0.15) is 12.0 Å². The lowest BCUT2D eigenvalue weighted by molar-refractivity contribution is 0.141. The zero-order valence-corrected chi connectivity index (χ0v) is 17.5. The minimum absolute atomic E-state index is 0.608. The van der Waals surface area contributed by atoms with Gasteiger partial charge in [-0.2, -0.15) is 0 Å². The second-order valence-corrected chi connectivity index (χ2v) is 10.4. The zero-order valence-electron chi connectivity index (χ0n) is 16.5. The number of allylic oxidation sites excluding steroid dienone is 1. The van der Waals surface area contributed by atoms with E-state index in [9.17, 15) is 0 Å². The van der Waals surface area contributed by atoms with Gasteiger partial charge in [0.05, 0.1) is 19.8 Å². The van der Waals surface area contributed by atoms with Crippen molar-refractivity contribution in [1.29, 1.82) is 0 Å². The Morgan fingerprint density at radius 3 is 1.90 bits per heavy atom. The maximum absolute atomic E-state index is 6.66. The number of rotatable bonds is 6. The Morgan fingerprint density at radius 2 is 1.28 bits per heavy atom. The van der Waals surface area contributed by atoms with Crippen LogP contribution in [0.4, 0.5) is 0 Å². The summed E-state index contributed by atoms with van der Waals surface area (Å²) in [6.07, 6.45) is 5.22. The number of hydrogen-bond acceptors (Lipinski definition) is 2. The van der Waals surface area contributed by atoms with Gasteiger partial charge < -0.3 is 9.16 Å². The highest BCUT2D eigenvalue weighted by Gasteiger charge is 2.38. The maximum Gasteiger partial charge on any atom is 0.281 e. The lowest BCUT2D eigenvalue weighted by atomic mass is 10.2. The van der Waals surface area contributed by atoms with Gasteiger partial charge in [0.25, 0.3) is 8.32 Å². The Kier molecular flexibility index (Phi) is 6.52. The van der Waals surface area contributed by atoms with Gasteiger partial charge >= 0.3 is 0 Å². The molecule has 2 nitrogen and oxygen atoms in total. The van der Waals surface area contributed by atoms with Crippen molar-refractivity contribution in [3.05, 3.63) is 120 Å². The summed E-state index contributed by atoms with van der Waals surface area (Å²) in [6.45, 7) is 1.86. The third kappa shape index (κ3) is 4.82. The first-order valence-corrected chi connectivity index (χ1v) is 12.1. The molecule has 3 heteroatoms. The van der Waals surface area contributed by atoms with E-state index in [-0.39, 0.29) is 0 Å². The van der Waals surface area contributed by atoms with Crippen LogP contribution >= 0.6 is 0 Å². The lowest BCUT2D eigenvalue weighted by Crippen LogP contribution is -2.60. The van der Waals surface area contributed by atoms with Crippen molar-refractivity contribution < 1.29 is 9.16 Å². The van der Waals surface area contributed by atoms with Crippen LogP contribution in [-0.4, -0.2) is 21.5 Å². The largest absolute Gasteiger partial charge is 0.401 e. The summed E-state index contributed by atoms with van der Waals surface area (Å²) in [4.78, 5) is 0. The van der Waals surface area contributed by atoms with Gasteiger partial charge in [-0.1, -0.05) is 109 Å². The second kappa shape index (κ2) is 9.66. The Balaban J connectivity index is 1.66. The first kappa shape index (κ1) is 19.6. The van der Waals surface area contributed by atoms with Crippen molar-refractivity contribution in [3.63, 3.8) is 0 Å². The van der Waals surface area contributed by atoms with Gasteiger partial charge in [0.1, 0.15) is 0 Å². The molecule has 0 fully saturated rings. The molecule has 0 aliphatic carbocycles. The average Bonchev–Trinajstić information content (AvgIpc) is 2.77. The first-order valence-electron chi connectivity index (χ1n) is 10.1. The number of ether oxygens (including phenoxy) is 1. The smallest absolute Gasteiger partial charge is 0.281 e. The Hall–Kier alpha value is -2.72. The Bertz CT molecular complexity index is 910. The molecule has 0 atom stereocenters. The summed E-state index contributed by atoms with van der Waals surface area (Å²) in [6, 6.07) is 31.7. The highest BCUT2D eigenvalue weighted by Crippen LogP contribution is 2.18. The summed E-state index contributed by atoms with van der Waals surface area (Å²) in [5.41, 5.74) is 4.86. The predicted octanol–water partition coefficient (Wildman–Crippen LogP) is 4.41. The third-order valence-electron chi connectivity index (χ3n) is 5.17. The fourth-order valence-corrected chi connectivity index (χ4v) is 7.31. The molecule has 3 aromatic rings. The first-order chi connectivity index (χ1) is 14.4. The van der Waals surface area contributed by atoms with Gasteiger partial charge in [-0.25, -0.2) is 0 Å². The highest BCUT2D eigenvalue weighted by atomic mass is 28.4. The molecule has 3 aromatic carbocycles. The molecule has 0 spiro atoms. The van der Waals surface area contributed by atoms with E-state index >= 15 is 0 Å². The molecule has 4 rings (SSSR count). The van der Waals surface area contributed by atoms with Crippen molar-refractivity contribution in [3.8, 4) is 0 Å². The monoisotopic (exact) mass is 398 g/mol. The van der Waals surface area contributed by atoms with E-state index in [0.717, 1.165) is 6.42 Å². The standard InChI is InChI=1S/C26H26O2Si/c1-4-12-23(13-5-1)20-27-21-24-14-10-11-19-28-29(22-24,25-15-6-2-7-16-25)26-17-8-3-9-18-26/h1-13,15-18,22H,14,19-21H2/b11-10-,24-22-. The summed E-state index contributed by atoms with van der Waals surface area (Å²) >= 11 is 0. The van der Waals surface area contributed by atoms with Crippen molar-refractivity contribution in [2.75, 3.05) is 13.2 Å². The molecule has 0 bridgehead atoms. The molecule has 0 amide bonds. The SMILES string of the molecule is C1=C\C/C(COCc2ccccc2)=C/[Si](c2ccccc2)(c2ccccc2)OC/1. The molecule has 0 saturated carbocycles. The quantitative estimate of drug-likeness (QED) is 0.452. The zero-order chi connectivity index (χ0) is 19.8. The maximum atomic E-state index is 6.66. The lowest BCUT2D eigenvalue weighted by Gasteiger charge is -2.31. The molecular weight excluding hydrogens is 372 g/mol. The van der Waals surface area contributed by atoms with Crippen LogP contribution in [0.3, 0.4) is 0 Å². The van der Waals surface area contributed by atoms with Gasteiger partial charge in [0.2, 0.25) is 0 Å². The van der Waals surface area contributed by atoms with Gasteiger partial charge in [0, 0.05) is 0 Å². The molecule has 0 aromatic heterocycles. The van der Waals surface area contributed by atoms with E-state index in [1.165, 1.54) is 21.5 Å². The van der Waals surface area contributed by atoms with Crippen molar-refractivity contribution in [2.24, 2.45) is 0 Å². The molecule has 29 heavy (non-hydrogen) atoms. The van der Waals surface area contributed by atoms with Crippen LogP contribution in [-0.2, 0) is 15.8 Å². The van der Waals surface area contributed by atoms with Crippen molar-refractivity contribution >= 4 is 18.7 Å². The van der Waals surface area contributed by atoms with E-state index in [4.69, 9.17) is 9.16 Å². The van der Waals surface area contributed by atoms with Crippen LogP contribution < -0.4 is 10.4 Å². The van der Waals surface area contributed by atoms with E-state index < -0.39 is 8.32 Å². The van der Waals surface area contributed by atoms with Gasteiger partial charge in [0.15, 0.2) is 0 Å². The van der Waals surface area contributed by atoms with E-state index in [1.807, 2.05) is 18.2 Å². The van der Waals surface area contributed by atoms with Crippen LogP contribution in [0.5, 0.6) is 0 Å². The topological polar surface area (TPSA) is 18.5 Å². The minimum atomic E-state index is -2.50.